The van der Waals surface area contributed by atoms with Crippen LogP contribution in [0.2, 0.25) is 0 Å². The van der Waals surface area contributed by atoms with Crippen LogP contribution in [0.25, 0.3) is 0 Å². The Morgan fingerprint density at radius 2 is 2.00 bits per heavy atom. The highest BCUT2D eigenvalue weighted by atomic mass is 19.1. The first-order valence-electron chi connectivity index (χ1n) is 3.50. The number of amides is 1. The molecule has 0 heterocycles. The largest absolute Gasteiger partial charge is 0.313 e. The monoisotopic (exact) mass is 178 g/mol. The van der Waals surface area contributed by atoms with Crippen molar-refractivity contribution in [3.05, 3.63) is 30.1 Å². The van der Waals surface area contributed by atoms with Gasteiger partial charge in [-0.25, -0.2) is 4.39 Å². The first-order chi connectivity index (χ1) is 6.22. The summed E-state index contributed by atoms with van der Waals surface area (Å²) in [5, 5.41) is 0. The number of nitrogens with one attached hydrogen (secondary N) is 2. The maximum atomic E-state index is 12.4. The van der Waals surface area contributed by atoms with Gasteiger partial charge in [-0.1, -0.05) is 0 Å². The molecule has 0 aromatic heterocycles. The Bertz CT molecular complexity index is 340. The number of rotatable bonds is 2. The Morgan fingerprint density at radius 1 is 1.38 bits per heavy atom. The molecule has 4 heteroatoms. The van der Waals surface area contributed by atoms with Gasteiger partial charge in [0, 0.05) is 0 Å². The van der Waals surface area contributed by atoms with Crippen molar-refractivity contribution in [1.82, 2.24) is 5.43 Å². The molecule has 0 unspecified atom stereocenters. The fraction of sp³-hybridized carbons (Fsp3) is 0. The Hall–Kier alpha value is -2.02. The zero-order chi connectivity index (χ0) is 9.68. The van der Waals surface area contributed by atoms with Crippen molar-refractivity contribution in [2.45, 2.75) is 0 Å². The molecule has 66 valence electrons. The number of terminal acetylenes is 1. The Balaban J connectivity index is 2.52. The number of hydrogen-bond acceptors (Lipinski definition) is 2. The number of carbonyl (C=O) groups excluding carboxylic acids is 1. The molecular weight excluding hydrogens is 171 g/mol. The molecular formula is C9H7FN2O. The van der Waals surface area contributed by atoms with Crippen LogP contribution >= 0.6 is 0 Å². The second-order valence-corrected chi connectivity index (χ2v) is 2.23. The summed E-state index contributed by atoms with van der Waals surface area (Å²) in [5.74, 6) is 0.942. The standard InChI is InChI=1S/C9H7FN2O/c1-2-9(13)12-11-8-5-3-7(10)4-6-8/h1,3-6,11H,(H,12,13). The van der Waals surface area contributed by atoms with Gasteiger partial charge in [0.2, 0.25) is 0 Å². The highest BCUT2D eigenvalue weighted by Crippen LogP contribution is 2.06. The first-order valence-corrected chi connectivity index (χ1v) is 3.50. The third kappa shape index (κ3) is 2.83. The van der Waals surface area contributed by atoms with Crippen LogP contribution in [0.4, 0.5) is 10.1 Å². The van der Waals surface area contributed by atoms with Gasteiger partial charge in [-0.15, -0.1) is 6.42 Å². The van der Waals surface area contributed by atoms with Gasteiger partial charge in [-0.3, -0.25) is 15.6 Å². The number of hydrazine groups is 1. The zero-order valence-corrected chi connectivity index (χ0v) is 6.67. The van der Waals surface area contributed by atoms with Crippen LogP contribution in [0.1, 0.15) is 0 Å². The molecule has 0 saturated heterocycles. The molecule has 3 nitrogen and oxygen atoms in total. The van der Waals surface area contributed by atoms with Gasteiger partial charge in [0.1, 0.15) is 5.82 Å². The summed E-state index contributed by atoms with van der Waals surface area (Å²) in [6.07, 6.45) is 4.80. The van der Waals surface area contributed by atoms with E-state index in [-0.39, 0.29) is 5.82 Å². The zero-order valence-electron chi connectivity index (χ0n) is 6.67. The van der Waals surface area contributed by atoms with Crippen LogP contribution in [0.3, 0.4) is 0 Å². The average molecular weight is 178 g/mol. The highest BCUT2D eigenvalue weighted by molar-refractivity contribution is 5.93. The van der Waals surface area contributed by atoms with Gasteiger partial charge >= 0.3 is 5.91 Å². The van der Waals surface area contributed by atoms with E-state index in [1.165, 1.54) is 24.3 Å². The molecule has 0 aliphatic rings. The van der Waals surface area contributed by atoms with Crippen molar-refractivity contribution >= 4 is 11.6 Å². The van der Waals surface area contributed by atoms with E-state index in [4.69, 9.17) is 6.42 Å². The van der Waals surface area contributed by atoms with E-state index >= 15 is 0 Å². The number of halogens is 1. The van der Waals surface area contributed by atoms with Crippen molar-refractivity contribution < 1.29 is 9.18 Å². The van der Waals surface area contributed by atoms with Crippen molar-refractivity contribution in [3.8, 4) is 12.3 Å². The van der Waals surface area contributed by atoms with Crippen molar-refractivity contribution in [3.63, 3.8) is 0 Å². The number of hydrogen-bond donors (Lipinski definition) is 2. The van der Waals surface area contributed by atoms with Crippen molar-refractivity contribution in [1.29, 1.82) is 0 Å². The molecule has 0 saturated carbocycles. The average Bonchev–Trinajstić information content (AvgIpc) is 2.16. The number of benzene rings is 1. The summed E-state index contributed by atoms with van der Waals surface area (Å²) in [4.78, 5) is 10.6. The van der Waals surface area contributed by atoms with Gasteiger partial charge < -0.3 is 0 Å². The van der Waals surface area contributed by atoms with Crippen LogP contribution in [-0.4, -0.2) is 5.91 Å². The second kappa shape index (κ2) is 4.12. The van der Waals surface area contributed by atoms with Crippen molar-refractivity contribution in [2.75, 3.05) is 5.43 Å². The quantitative estimate of drug-likeness (QED) is 0.522. The molecule has 1 amide bonds. The van der Waals surface area contributed by atoms with E-state index in [1.807, 2.05) is 5.92 Å². The minimum absolute atomic E-state index is 0.339. The summed E-state index contributed by atoms with van der Waals surface area (Å²) in [7, 11) is 0. The summed E-state index contributed by atoms with van der Waals surface area (Å²) in [6.45, 7) is 0. The minimum atomic E-state index is -0.579. The first kappa shape index (κ1) is 9.07. The Morgan fingerprint density at radius 3 is 2.54 bits per heavy atom. The Labute approximate surface area is 74.9 Å². The van der Waals surface area contributed by atoms with E-state index in [0.717, 1.165) is 0 Å². The molecule has 0 bridgehead atoms. The maximum Gasteiger partial charge on any atom is 0.313 e. The molecule has 1 aromatic carbocycles. The third-order valence-corrected chi connectivity index (χ3v) is 1.30. The molecule has 1 aromatic rings. The fourth-order valence-electron chi connectivity index (χ4n) is 0.698. The molecule has 2 N–H and O–H groups in total. The molecule has 1 rings (SSSR count). The van der Waals surface area contributed by atoms with Crippen LogP contribution in [0.5, 0.6) is 0 Å². The minimum Gasteiger partial charge on any atom is -0.298 e. The van der Waals surface area contributed by atoms with Crippen LogP contribution in [-0.2, 0) is 4.79 Å². The second-order valence-electron chi connectivity index (χ2n) is 2.23. The molecule has 13 heavy (non-hydrogen) atoms. The number of carbonyl (C=O) groups is 1. The van der Waals surface area contributed by atoms with Crippen LogP contribution < -0.4 is 10.9 Å². The van der Waals surface area contributed by atoms with Gasteiger partial charge in [0.25, 0.3) is 0 Å². The summed E-state index contributed by atoms with van der Waals surface area (Å²) < 4.78 is 12.4. The lowest BCUT2D eigenvalue weighted by Crippen LogP contribution is -2.27. The molecule has 0 spiro atoms. The third-order valence-electron chi connectivity index (χ3n) is 1.30. The molecule has 0 atom stereocenters. The molecule has 0 aliphatic heterocycles. The van der Waals surface area contributed by atoms with Crippen LogP contribution in [0.15, 0.2) is 24.3 Å². The van der Waals surface area contributed by atoms with E-state index in [1.54, 1.807) is 0 Å². The maximum absolute atomic E-state index is 12.4. The lowest BCUT2D eigenvalue weighted by atomic mass is 10.3. The molecule has 0 aliphatic carbocycles. The van der Waals surface area contributed by atoms with E-state index in [0.29, 0.717) is 5.69 Å². The van der Waals surface area contributed by atoms with Gasteiger partial charge in [0.15, 0.2) is 0 Å². The normalized spacial score (nSPS) is 8.62. The van der Waals surface area contributed by atoms with Crippen molar-refractivity contribution in [2.24, 2.45) is 0 Å². The summed E-state index contributed by atoms with van der Waals surface area (Å²) in [6, 6.07) is 5.49. The molecule has 0 fully saturated rings. The smallest absolute Gasteiger partial charge is 0.298 e. The van der Waals surface area contributed by atoms with Gasteiger partial charge in [-0.2, -0.15) is 0 Å². The number of anilines is 1. The fourth-order valence-corrected chi connectivity index (χ4v) is 0.698. The lowest BCUT2D eigenvalue weighted by Gasteiger charge is -2.04. The predicted octanol–water partition coefficient (Wildman–Crippen LogP) is 0.902. The highest BCUT2D eigenvalue weighted by Gasteiger charge is 1.94. The summed E-state index contributed by atoms with van der Waals surface area (Å²) >= 11 is 0. The SMILES string of the molecule is C#CC(=O)NNc1ccc(F)cc1. The summed E-state index contributed by atoms with van der Waals surface area (Å²) in [5.41, 5.74) is 5.29. The lowest BCUT2D eigenvalue weighted by molar-refractivity contribution is -0.115. The Kier molecular flexibility index (Phi) is 2.87. The van der Waals surface area contributed by atoms with E-state index in [9.17, 15) is 9.18 Å². The predicted molar refractivity (Wildman–Crippen MR) is 47.0 cm³/mol. The van der Waals surface area contributed by atoms with Gasteiger partial charge in [0.05, 0.1) is 5.69 Å². The molecule has 0 radical (unpaired) electrons. The van der Waals surface area contributed by atoms with E-state index in [2.05, 4.69) is 10.9 Å². The van der Waals surface area contributed by atoms with Crippen LogP contribution in [0, 0.1) is 18.2 Å². The van der Waals surface area contributed by atoms with Gasteiger partial charge in [-0.05, 0) is 30.2 Å². The van der Waals surface area contributed by atoms with E-state index < -0.39 is 5.91 Å². The topological polar surface area (TPSA) is 41.1 Å².